The molecule has 1 aromatic heterocycles. The Balaban J connectivity index is 1.32. The molecule has 3 heterocycles. The zero-order valence-electron chi connectivity index (χ0n) is 18.2. The molecule has 1 amide bonds. The number of hydrogen-bond acceptors (Lipinski definition) is 4. The van der Waals surface area contributed by atoms with Crippen LogP contribution in [0.3, 0.4) is 0 Å². The number of halogens is 1. The summed E-state index contributed by atoms with van der Waals surface area (Å²) in [6, 6.07) is 12.4. The maximum atomic E-state index is 14.6. The number of benzene rings is 2. The third kappa shape index (κ3) is 3.81. The zero-order valence-corrected chi connectivity index (χ0v) is 18.2. The van der Waals surface area contributed by atoms with E-state index in [-0.39, 0.29) is 17.0 Å². The maximum Gasteiger partial charge on any atom is 0.272 e. The second-order valence-electron chi connectivity index (χ2n) is 8.99. The minimum absolute atomic E-state index is 0.100. The summed E-state index contributed by atoms with van der Waals surface area (Å²) in [6.45, 7) is 5.85. The van der Waals surface area contributed by atoms with Gasteiger partial charge in [0.1, 0.15) is 5.82 Å². The Labute approximate surface area is 186 Å². The summed E-state index contributed by atoms with van der Waals surface area (Å²) in [5.41, 5.74) is 1.33. The highest BCUT2D eigenvalue weighted by Gasteiger charge is 2.38. The van der Waals surface area contributed by atoms with Gasteiger partial charge in [0.05, 0.1) is 16.6 Å². The van der Waals surface area contributed by atoms with Crippen molar-refractivity contribution in [2.75, 3.05) is 26.2 Å². The fourth-order valence-corrected chi connectivity index (χ4v) is 4.95. The average molecular weight is 435 g/mol. The van der Waals surface area contributed by atoms with Gasteiger partial charge in [0.2, 0.25) is 0 Å². The van der Waals surface area contributed by atoms with Crippen LogP contribution in [0.15, 0.2) is 47.3 Å². The lowest BCUT2D eigenvalue weighted by Crippen LogP contribution is -2.57. The molecule has 2 aliphatic heterocycles. The molecule has 1 atom stereocenters. The van der Waals surface area contributed by atoms with Crippen LogP contribution in [0, 0.1) is 11.7 Å². The lowest BCUT2D eigenvalue weighted by molar-refractivity contribution is 0.0274. The first kappa shape index (κ1) is 20.8. The Bertz CT molecular complexity index is 1210. The zero-order chi connectivity index (χ0) is 22.2. The molecular weight excluding hydrogens is 407 g/mol. The minimum atomic E-state index is -0.505. The molecule has 2 aliphatic rings. The quantitative estimate of drug-likeness (QED) is 0.670. The normalized spacial score (nSPS) is 18.1. The van der Waals surface area contributed by atoms with Crippen LogP contribution in [0.25, 0.3) is 10.8 Å². The van der Waals surface area contributed by atoms with Gasteiger partial charge in [0.15, 0.2) is 0 Å². The van der Waals surface area contributed by atoms with Crippen molar-refractivity contribution in [1.82, 2.24) is 20.0 Å². The first-order valence-electron chi connectivity index (χ1n) is 11.3. The second-order valence-corrected chi connectivity index (χ2v) is 8.99. The number of fused-ring (bicyclic) bond motifs is 1. The number of hydrogen-bond donors (Lipinski definition) is 1. The molecule has 32 heavy (non-hydrogen) atoms. The maximum absolute atomic E-state index is 14.6. The number of nitrogens with one attached hydrogen (secondary N) is 1. The molecule has 2 fully saturated rings. The minimum Gasteiger partial charge on any atom is -0.338 e. The molecule has 3 aromatic rings. The molecule has 0 bridgehead atoms. The van der Waals surface area contributed by atoms with Crippen LogP contribution in [0.5, 0.6) is 0 Å². The highest BCUT2D eigenvalue weighted by molar-refractivity contribution is 5.95. The molecule has 5 rings (SSSR count). The molecule has 0 spiro atoms. The number of aromatic nitrogens is 2. The van der Waals surface area contributed by atoms with Gasteiger partial charge in [-0.2, -0.15) is 5.10 Å². The van der Waals surface area contributed by atoms with Gasteiger partial charge in [0.25, 0.3) is 11.5 Å². The Morgan fingerprint density at radius 1 is 1.16 bits per heavy atom. The van der Waals surface area contributed by atoms with E-state index in [2.05, 4.69) is 22.0 Å². The number of aromatic amines is 1. The van der Waals surface area contributed by atoms with E-state index in [4.69, 9.17) is 0 Å². The van der Waals surface area contributed by atoms with Gasteiger partial charge in [-0.25, -0.2) is 9.49 Å². The van der Waals surface area contributed by atoms with E-state index in [1.165, 1.54) is 18.9 Å². The topological polar surface area (TPSA) is 69.3 Å². The monoisotopic (exact) mass is 434 g/mol. The highest BCUT2D eigenvalue weighted by Crippen LogP contribution is 2.28. The summed E-state index contributed by atoms with van der Waals surface area (Å²) in [7, 11) is 0. The molecule has 0 aliphatic carbocycles. The van der Waals surface area contributed by atoms with Crippen LogP contribution in [0.2, 0.25) is 0 Å². The van der Waals surface area contributed by atoms with Crippen molar-refractivity contribution in [2.45, 2.75) is 32.2 Å². The van der Waals surface area contributed by atoms with Crippen molar-refractivity contribution in [3.05, 3.63) is 75.5 Å². The predicted molar refractivity (Wildman–Crippen MR) is 121 cm³/mol. The SMILES string of the molecule is CC(C1CN(C(=O)c2cc(Cc3n[nH]c(=O)c4ccccc34)ccc2F)C1)N1CCCC1. The molecular formula is C25H27FN4O2. The smallest absolute Gasteiger partial charge is 0.272 e. The van der Waals surface area contributed by atoms with Crippen LogP contribution in [0.1, 0.15) is 41.4 Å². The van der Waals surface area contributed by atoms with Crippen molar-refractivity contribution >= 4 is 16.7 Å². The number of carbonyl (C=O) groups excluding carboxylic acids is 1. The summed E-state index contributed by atoms with van der Waals surface area (Å²) >= 11 is 0. The number of nitrogens with zero attached hydrogens (tertiary/aromatic N) is 3. The van der Waals surface area contributed by atoms with Gasteiger partial charge in [-0.1, -0.05) is 24.3 Å². The van der Waals surface area contributed by atoms with Crippen LogP contribution >= 0.6 is 0 Å². The fraction of sp³-hybridized carbons (Fsp3) is 0.400. The van der Waals surface area contributed by atoms with Gasteiger partial charge < -0.3 is 9.80 Å². The number of rotatable bonds is 5. The summed E-state index contributed by atoms with van der Waals surface area (Å²) in [5.74, 6) is -0.317. The molecule has 7 heteroatoms. The first-order valence-corrected chi connectivity index (χ1v) is 11.3. The Morgan fingerprint density at radius 3 is 2.62 bits per heavy atom. The summed E-state index contributed by atoms with van der Waals surface area (Å²) in [5, 5.41) is 8.05. The average Bonchev–Trinajstić information content (AvgIpc) is 3.31. The van der Waals surface area contributed by atoms with E-state index in [1.54, 1.807) is 29.2 Å². The molecule has 166 valence electrons. The molecule has 2 aromatic carbocycles. The number of H-pyrrole nitrogens is 1. The third-order valence-electron chi connectivity index (χ3n) is 7.00. The van der Waals surface area contributed by atoms with Crippen molar-refractivity contribution in [2.24, 2.45) is 5.92 Å². The summed E-state index contributed by atoms with van der Waals surface area (Å²) in [4.78, 5) is 29.3. The van der Waals surface area contributed by atoms with E-state index in [0.29, 0.717) is 42.6 Å². The van der Waals surface area contributed by atoms with Crippen molar-refractivity contribution in [3.8, 4) is 0 Å². The van der Waals surface area contributed by atoms with Crippen molar-refractivity contribution in [1.29, 1.82) is 0 Å². The van der Waals surface area contributed by atoms with E-state index in [1.807, 2.05) is 12.1 Å². The van der Waals surface area contributed by atoms with E-state index in [9.17, 15) is 14.0 Å². The molecule has 6 nitrogen and oxygen atoms in total. The van der Waals surface area contributed by atoms with Crippen LogP contribution in [-0.2, 0) is 6.42 Å². The van der Waals surface area contributed by atoms with Gasteiger partial charge in [-0.05, 0) is 56.6 Å². The molecule has 2 saturated heterocycles. The van der Waals surface area contributed by atoms with Gasteiger partial charge in [0, 0.05) is 36.9 Å². The van der Waals surface area contributed by atoms with E-state index >= 15 is 0 Å². The van der Waals surface area contributed by atoms with E-state index in [0.717, 1.165) is 24.0 Å². The second kappa shape index (κ2) is 8.47. The first-order chi connectivity index (χ1) is 15.5. The van der Waals surface area contributed by atoms with Gasteiger partial charge in [-0.3, -0.25) is 9.59 Å². The van der Waals surface area contributed by atoms with Crippen LogP contribution in [-0.4, -0.2) is 58.1 Å². The molecule has 1 unspecified atom stereocenters. The Kier molecular flexibility index (Phi) is 5.51. The van der Waals surface area contributed by atoms with Gasteiger partial charge in [-0.15, -0.1) is 0 Å². The third-order valence-corrected chi connectivity index (χ3v) is 7.00. The molecule has 0 saturated carbocycles. The molecule has 1 N–H and O–H groups in total. The number of carbonyl (C=O) groups is 1. The van der Waals surface area contributed by atoms with Crippen LogP contribution < -0.4 is 5.56 Å². The fourth-order valence-electron chi connectivity index (χ4n) is 4.95. The highest BCUT2D eigenvalue weighted by atomic mass is 19.1. The van der Waals surface area contributed by atoms with Crippen molar-refractivity contribution < 1.29 is 9.18 Å². The van der Waals surface area contributed by atoms with E-state index < -0.39 is 5.82 Å². The van der Waals surface area contributed by atoms with Crippen LogP contribution in [0.4, 0.5) is 4.39 Å². The Hall–Kier alpha value is -3.06. The summed E-state index contributed by atoms with van der Waals surface area (Å²) < 4.78 is 14.6. The van der Waals surface area contributed by atoms with Crippen molar-refractivity contribution in [3.63, 3.8) is 0 Å². The summed E-state index contributed by atoms with van der Waals surface area (Å²) in [6.07, 6.45) is 2.89. The number of amides is 1. The standard InChI is InChI=1S/C25H27FN4O2/c1-16(29-10-4-5-11-29)18-14-30(15-18)25(32)21-12-17(8-9-22(21)26)13-23-19-6-2-3-7-20(19)24(31)28-27-23/h2-3,6-9,12,16,18H,4-5,10-11,13-15H2,1H3,(H,28,31). The van der Waals surface area contributed by atoms with Gasteiger partial charge >= 0.3 is 0 Å². The molecule has 0 radical (unpaired) electrons. The number of likely N-dealkylation sites (tertiary alicyclic amines) is 2. The Morgan fingerprint density at radius 2 is 1.88 bits per heavy atom. The lowest BCUT2D eigenvalue weighted by atomic mass is 9.90. The predicted octanol–water partition coefficient (Wildman–Crippen LogP) is 3.21. The lowest BCUT2D eigenvalue weighted by Gasteiger charge is -2.45. The largest absolute Gasteiger partial charge is 0.338 e.